The van der Waals surface area contributed by atoms with Crippen molar-refractivity contribution in [3.8, 4) is 5.75 Å². The first-order chi connectivity index (χ1) is 16.2. The zero-order chi connectivity index (χ0) is 24.3. The molecule has 0 aromatic heterocycles. The number of hydrogen-bond donors (Lipinski definition) is 1. The van der Waals surface area contributed by atoms with Gasteiger partial charge in [0.2, 0.25) is 0 Å². The van der Waals surface area contributed by atoms with Crippen molar-refractivity contribution in [1.29, 1.82) is 0 Å². The van der Waals surface area contributed by atoms with Crippen molar-refractivity contribution in [3.05, 3.63) is 64.2 Å². The van der Waals surface area contributed by atoms with Crippen LogP contribution in [0.3, 0.4) is 0 Å². The van der Waals surface area contributed by atoms with Crippen molar-refractivity contribution in [1.82, 2.24) is 13.9 Å². The minimum absolute atomic E-state index is 0.175. The van der Waals surface area contributed by atoms with Gasteiger partial charge >= 0.3 is 10.2 Å². The van der Waals surface area contributed by atoms with Crippen LogP contribution in [0.25, 0.3) is 0 Å². The van der Waals surface area contributed by atoms with E-state index >= 15 is 0 Å². The number of halogens is 1. The summed E-state index contributed by atoms with van der Waals surface area (Å²) in [4.78, 5) is 14.8. The first-order valence-electron chi connectivity index (χ1n) is 11.8. The maximum absolute atomic E-state index is 12.7. The molecule has 1 amide bonds. The van der Waals surface area contributed by atoms with Gasteiger partial charge in [-0.2, -0.15) is 12.7 Å². The molecular weight excluding hydrogens is 474 g/mol. The first kappa shape index (κ1) is 25.0. The third-order valence-corrected chi connectivity index (χ3v) is 8.45. The molecule has 184 valence electrons. The molecular formula is C25H32ClN3O4S. The number of rotatable bonds is 6. The number of ether oxygens (including phenoxy) is 1. The number of nitrogens with one attached hydrogen (secondary N) is 1. The maximum Gasteiger partial charge on any atom is 0.304 e. The molecule has 9 heteroatoms. The summed E-state index contributed by atoms with van der Waals surface area (Å²) in [5.41, 5.74) is 2.39. The van der Waals surface area contributed by atoms with Gasteiger partial charge in [0.1, 0.15) is 11.9 Å². The van der Waals surface area contributed by atoms with Crippen LogP contribution in [0, 0.1) is 13.8 Å². The van der Waals surface area contributed by atoms with Gasteiger partial charge in [-0.15, -0.1) is 0 Å². The molecule has 2 fully saturated rings. The third kappa shape index (κ3) is 6.10. The largest absolute Gasteiger partial charge is 0.490 e. The highest BCUT2D eigenvalue weighted by atomic mass is 35.5. The molecule has 2 heterocycles. The zero-order valence-corrected chi connectivity index (χ0v) is 21.2. The van der Waals surface area contributed by atoms with Gasteiger partial charge < -0.3 is 9.64 Å². The number of piperidine rings is 2. The lowest BCUT2D eigenvalue weighted by molar-refractivity contribution is 0.0581. The number of likely N-dealkylation sites (tertiary alicyclic amines) is 1. The van der Waals surface area contributed by atoms with E-state index in [1.165, 1.54) is 4.31 Å². The molecule has 2 aromatic carbocycles. The summed E-state index contributed by atoms with van der Waals surface area (Å²) in [6.45, 7) is 6.58. The highest BCUT2D eigenvalue weighted by Crippen LogP contribution is 2.27. The second kappa shape index (κ2) is 10.6. The van der Waals surface area contributed by atoms with Crippen LogP contribution in [0.2, 0.25) is 5.02 Å². The molecule has 0 aliphatic carbocycles. The molecule has 2 aromatic rings. The maximum atomic E-state index is 12.7. The highest BCUT2D eigenvalue weighted by Gasteiger charge is 2.33. The smallest absolute Gasteiger partial charge is 0.304 e. The van der Waals surface area contributed by atoms with Crippen LogP contribution in [-0.4, -0.2) is 61.9 Å². The molecule has 1 N–H and O–H groups in total. The first-order valence-corrected chi connectivity index (χ1v) is 13.6. The Morgan fingerprint density at radius 2 is 1.62 bits per heavy atom. The summed E-state index contributed by atoms with van der Waals surface area (Å²) in [6, 6.07) is 12.9. The van der Waals surface area contributed by atoms with Crippen LogP contribution >= 0.6 is 11.6 Å². The average molecular weight is 506 g/mol. The molecule has 34 heavy (non-hydrogen) atoms. The lowest BCUT2D eigenvalue weighted by atomic mass is 10.00. The molecule has 0 saturated carbocycles. The number of aryl methyl sites for hydroxylation is 2. The molecule has 2 aliphatic rings. The topological polar surface area (TPSA) is 79.0 Å². The Morgan fingerprint density at radius 1 is 0.971 bits per heavy atom. The van der Waals surface area contributed by atoms with E-state index < -0.39 is 16.1 Å². The summed E-state index contributed by atoms with van der Waals surface area (Å²) in [5.74, 6) is 0.286. The van der Waals surface area contributed by atoms with E-state index in [2.05, 4.69) is 9.62 Å². The molecule has 2 saturated heterocycles. The number of carbonyl (C=O) groups is 1. The summed E-state index contributed by atoms with van der Waals surface area (Å²) in [6.07, 6.45) is 3.55. The average Bonchev–Trinajstić information content (AvgIpc) is 2.81. The lowest BCUT2D eigenvalue weighted by Gasteiger charge is -2.41. The van der Waals surface area contributed by atoms with Gasteiger partial charge in [-0.1, -0.05) is 29.3 Å². The number of hydrogen-bond acceptors (Lipinski definition) is 5. The van der Waals surface area contributed by atoms with Crippen molar-refractivity contribution in [3.63, 3.8) is 0 Å². The van der Waals surface area contributed by atoms with Crippen LogP contribution in [0.15, 0.2) is 42.5 Å². The summed E-state index contributed by atoms with van der Waals surface area (Å²) >= 11 is 6.04. The number of carbonyl (C=O) groups excluding carboxylic acids is 1. The predicted octanol–water partition coefficient (Wildman–Crippen LogP) is 3.94. The van der Waals surface area contributed by atoms with E-state index in [4.69, 9.17) is 16.3 Å². The minimum Gasteiger partial charge on any atom is -0.490 e. The van der Waals surface area contributed by atoms with Crippen molar-refractivity contribution in [2.45, 2.75) is 51.7 Å². The molecule has 0 bridgehead atoms. The predicted molar refractivity (Wildman–Crippen MR) is 134 cm³/mol. The molecule has 0 spiro atoms. The molecule has 0 atom stereocenters. The van der Waals surface area contributed by atoms with Crippen LogP contribution in [-0.2, 0) is 10.2 Å². The van der Waals surface area contributed by atoms with E-state index in [0.717, 1.165) is 55.6 Å². The third-order valence-electron chi connectivity index (χ3n) is 6.72. The molecule has 7 nitrogen and oxygen atoms in total. The molecule has 4 rings (SSSR count). The SMILES string of the molecule is Cc1ccc(C(=O)NS(=O)(=O)N2CCC(N3CCC(Oc4ccc(Cl)cc4C)CC3)CC2)cc1. The van der Waals surface area contributed by atoms with Crippen LogP contribution in [0.1, 0.15) is 47.2 Å². The second-order valence-electron chi connectivity index (χ2n) is 9.20. The lowest BCUT2D eigenvalue weighted by Crippen LogP contribution is -2.52. The van der Waals surface area contributed by atoms with E-state index in [-0.39, 0.29) is 6.10 Å². The highest BCUT2D eigenvalue weighted by molar-refractivity contribution is 7.87. The van der Waals surface area contributed by atoms with Crippen molar-refractivity contribution >= 4 is 27.7 Å². The van der Waals surface area contributed by atoms with Crippen molar-refractivity contribution in [2.24, 2.45) is 0 Å². The monoisotopic (exact) mass is 505 g/mol. The molecule has 0 radical (unpaired) electrons. The van der Waals surface area contributed by atoms with E-state index in [0.29, 0.717) is 29.7 Å². The summed E-state index contributed by atoms with van der Waals surface area (Å²) in [5, 5.41) is 0.711. The standard InChI is InChI=1S/C25H32ClN3O4S/c1-18-3-5-20(6-4-18)25(30)27-34(31,32)29-15-9-22(10-16-29)28-13-11-23(12-14-28)33-24-8-7-21(26)17-19(24)2/h3-8,17,22-23H,9-16H2,1-2H3,(H,27,30). The van der Waals surface area contributed by atoms with Crippen LogP contribution in [0.5, 0.6) is 5.75 Å². The van der Waals surface area contributed by atoms with Crippen LogP contribution < -0.4 is 9.46 Å². The van der Waals surface area contributed by atoms with E-state index in [1.807, 2.05) is 32.0 Å². The van der Waals surface area contributed by atoms with Gasteiger partial charge in [0.25, 0.3) is 5.91 Å². The zero-order valence-electron chi connectivity index (χ0n) is 19.7. The number of amides is 1. The van der Waals surface area contributed by atoms with E-state index in [1.54, 1.807) is 24.3 Å². The second-order valence-corrected chi connectivity index (χ2v) is 11.3. The van der Waals surface area contributed by atoms with Crippen molar-refractivity contribution < 1.29 is 17.9 Å². The fourth-order valence-electron chi connectivity index (χ4n) is 4.68. The van der Waals surface area contributed by atoms with Gasteiger partial charge in [0.05, 0.1) is 0 Å². The Kier molecular flexibility index (Phi) is 7.82. The Morgan fingerprint density at radius 3 is 2.24 bits per heavy atom. The van der Waals surface area contributed by atoms with Gasteiger partial charge in [-0.25, -0.2) is 4.72 Å². The van der Waals surface area contributed by atoms with Crippen molar-refractivity contribution in [2.75, 3.05) is 26.2 Å². The number of benzene rings is 2. The molecule has 0 unspecified atom stereocenters. The van der Waals surface area contributed by atoms with E-state index in [9.17, 15) is 13.2 Å². The Hall–Kier alpha value is -2.13. The number of nitrogens with zero attached hydrogens (tertiary/aromatic N) is 2. The fraction of sp³-hybridized carbons (Fsp3) is 0.480. The Labute approximate surface area is 207 Å². The normalized spacial score (nSPS) is 19.1. The molecule has 2 aliphatic heterocycles. The summed E-state index contributed by atoms with van der Waals surface area (Å²) in [7, 11) is -3.86. The van der Waals surface area contributed by atoms with Gasteiger partial charge in [-0.3, -0.25) is 4.79 Å². The summed E-state index contributed by atoms with van der Waals surface area (Å²) < 4.78 is 35.3. The minimum atomic E-state index is -3.86. The quantitative estimate of drug-likeness (QED) is 0.643. The van der Waals surface area contributed by atoms with Gasteiger partial charge in [0, 0.05) is 42.8 Å². The van der Waals surface area contributed by atoms with Gasteiger partial charge in [0.15, 0.2) is 0 Å². The Balaban J connectivity index is 1.24. The van der Waals surface area contributed by atoms with Crippen LogP contribution in [0.4, 0.5) is 0 Å². The Bertz CT molecular complexity index is 1110. The fourth-order valence-corrected chi connectivity index (χ4v) is 6.08. The van der Waals surface area contributed by atoms with Gasteiger partial charge in [-0.05, 0) is 75.4 Å².